The molecule has 0 aliphatic heterocycles. The van der Waals surface area contributed by atoms with Crippen molar-refractivity contribution in [2.24, 2.45) is 0 Å². The summed E-state index contributed by atoms with van der Waals surface area (Å²) in [5.74, 6) is 1.03. The predicted octanol–water partition coefficient (Wildman–Crippen LogP) is 6.32. The molecule has 0 radical (unpaired) electrons. The molecule has 208 valence electrons. The molecule has 1 heterocycles. The number of methoxy groups -OCH3 is 3. The fourth-order valence-electron chi connectivity index (χ4n) is 4.91. The quantitative estimate of drug-likeness (QED) is 0.189. The van der Waals surface area contributed by atoms with Crippen molar-refractivity contribution < 1.29 is 23.7 Å². The number of rotatable bonds is 10. The molecule has 1 atom stereocenters. The largest absolute Gasteiger partial charge is 0.496 e. The van der Waals surface area contributed by atoms with Gasteiger partial charge in [-0.1, -0.05) is 65.9 Å². The van der Waals surface area contributed by atoms with Gasteiger partial charge < -0.3 is 18.9 Å². The van der Waals surface area contributed by atoms with Gasteiger partial charge in [0, 0.05) is 23.3 Å². The van der Waals surface area contributed by atoms with Crippen molar-refractivity contribution in [2.75, 3.05) is 27.9 Å². The van der Waals surface area contributed by atoms with Crippen LogP contribution in [0.4, 0.5) is 0 Å². The van der Waals surface area contributed by atoms with Gasteiger partial charge in [-0.25, -0.2) is 9.48 Å². The van der Waals surface area contributed by atoms with Crippen molar-refractivity contribution in [3.63, 3.8) is 0 Å². The molecule has 41 heavy (non-hydrogen) atoms. The first-order chi connectivity index (χ1) is 20.1. The average Bonchev–Trinajstić information content (AvgIpc) is 3.47. The van der Waals surface area contributed by atoms with E-state index >= 15 is 0 Å². The summed E-state index contributed by atoms with van der Waals surface area (Å²) in [5, 5.41) is 9.42. The first-order valence-electron chi connectivity index (χ1n) is 13.2. The highest BCUT2D eigenvalue weighted by Crippen LogP contribution is 2.46. The number of nitrogens with zero attached hydrogens (tertiary/aromatic N) is 3. The molecule has 0 saturated carbocycles. The third-order valence-corrected chi connectivity index (χ3v) is 6.81. The molecule has 0 saturated heterocycles. The normalized spacial score (nSPS) is 11.5. The summed E-state index contributed by atoms with van der Waals surface area (Å²) in [6, 6.07) is 30.9. The maximum Gasteiger partial charge on any atom is 0.338 e. The minimum atomic E-state index is -0.408. The summed E-state index contributed by atoms with van der Waals surface area (Å²) in [4.78, 5) is 12.3. The van der Waals surface area contributed by atoms with Crippen LogP contribution in [-0.2, 0) is 4.74 Å². The lowest BCUT2D eigenvalue weighted by molar-refractivity contribution is 0.0526. The monoisotopic (exact) mass is 549 g/mol. The molecule has 4 aromatic carbocycles. The van der Waals surface area contributed by atoms with Crippen molar-refractivity contribution >= 4 is 5.97 Å². The summed E-state index contributed by atoms with van der Waals surface area (Å²) < 4.78 is 24.2. The number of esters is 1. The summed E-state index contributed by atoms with van der Waals surface area (Å²) in [5.41, 5.74) is 5.42. The van der Waals surface area contributed by atoms with Crippen LogP contribution in [-0.4, -0.2) is 48.9 Å². The Balaban J connectivity index is 1.77. The Bertz CT molecular complexity index is 1590. The van der Waals surface area contributed by atoms with Gasteiger partial charge in [0.25, 0.3) is 0 Å². The van der Waals surface area contributed by atoms with Crippen LogP contribution >= 0.6 is 0 Å². The molecule has 1 unspecified atom stereocenters. The summed E-state index contributed by atoms with van der Waals surface area (Å²) in [7, 11) is 4.86. The standard InChI is InChI=1S/C33H31N3O5/c1-5-41-33(37)24-16-18-25(19-17-24)36-32(23-14-10-7-11-15-23)31(34-35-36)29(22-12-8-6-9-13-22)30-27(39-3)20-26(38-2)21-28(30)40-4/h6-21,29H,5H2,1-4H3. The third-order valence-electron chi connectivity index (χ3n) is 6.81. The zero-order valence-electron chi connectivity index (χ0n) is 23.4. The number of hydrogen-bond donors (Lipinski definition) is 0. The highest BCUT2D eigenvalue weighted by molar-refractivity contribution is 5.89. The van der Waals surface area contributed by atoms with Crippen LogP contribution in [0.5, 0.6) is 17.2 Å². The third kappa shape index (κ3) is 5.49. The maximum atomic E-state index is 12.3. The highest BCUT2D eigenvalue weighted by atomic mass is 16.5. The second-order valence-corrected chi connectivity index (χ2v) is 9.16. The van der Waals surface area contributed by atoms with E-state index in [1.165, 1.54) is 0 Å². The van der Waals surface area contributed by atoms with E-state index in [4.69, 9.17) is 24.0 Å². The minimum Gasteiger partial charge on any atom is -0.496 e. The van der Waals surface area contributed by atoms with Crippen LogP contribution < -0.4 is 14.2 Å². The minimum absolute atomic E-state index is 0.310. The first-order valence-corrected chi connectivity index (χ1v) is 13.2. The molecule has 0 spiro atoms. The Labute approximate surface area is 239 Å². The van der Waals surface area contributed by atoms with Crippen LogP contribution in [0.15, 0.2) is 97.1 Å². The van der Waals surface area contributed by atoms with Gasteiger partial charge in [0.2, 0.25) is 0 Å². The van der Waals surface area contributed by atoms with Crippen LogP contribution in [0.1, 0.15) is 40.0 Å². The molecular weight excluding hydrogens is 518 g/mol. The van der Waals surface area contributed by atoms with Gasteiger partial charge in [-0.05, 0) is 36.8 Å². The van der Waals surface area contributed by atoms with Gasteiger partial charge in [0.15, 0.2) is 0 Å². The zero-order valence-corrected chi connectivity index (χ0v) is 23.4. The predicted molar refractivity (Wildman–Crippen MR) is 156 cm³/mol. The Morgan fingerprint density at radius 1 is 0.805 bits per heavy atom. The molecule has 0 fully saturated rings. The van der Waals surface area contributed by atoms with Gasteiger partial charge >= 0.3 is 5.97 Å². The second kappa shape index (κ2) is 12.4. The number of benzene rings is 4. The summed E-state index contributed by atoms with van der Waals surface area (Å²) in [6.07, 6.45) is 0. The van der Waals surface area contributed by atoms with Crippen molar-refractivity contribution in [3.05, 3.63) is 119 Å². The molecule has 8 heteroatoms. The average molecular weight is 550 g/mol. The fraction of sp³-hybridized carbons (Fsp3) is 0.182. The molecule has 5 aromatic rings. The topological polar surface area (TPSA) is 84.7 Å². The number of hydrogen-bond acceptors (Lipinski definition) is 7. The lowest BCUT2D eigenvalue weighted by atomic mass is 9.85. The molecule has 0 aliphatic rings. The molecule has 0 aliphatic carbocycles. The van der Waals surface area contributed by atoms with Crippen molar-refractivity contribution in [1.82, 2.24) is 15.0 Å². The van der Waals surface area contributed by atoms with E-state index in [1.807, 2.05) is 72.8 Å². The number of aromatic nitrogens is 3. The summed E-state index contributed by atoms with van der Waals surface area (Å²) >= 11 is 0. The van der Waals surface area contributed by atoms with E-state index in [9.17, 15) is 4.79 Å². The van der Waals surface area contributed by atoms with Crippen LogP contribution in [0.3, 0.4) is 0 Å². The molecule has 5 rings (SSSR count). The summed E-state index contributed by atoms with van der Waals surface area (Å²) in [6.45, 7) is 2.09. The van der Waals surface area contributed by atoms with Crippen molar-refractivity contribution in [1.29, 1.82) is 0 Å². The van der Waals surface area contributed by atoms with E-state index in [1.54, 1.807) is 45.1 Å². The molecule has 8 nitrogen and oxygen atoms in total. The van der Waals surface area contributed by atoms with E-state index < -0.39 is 5.92 Å². The smallest absolute Gasteiger partial charge is 0.338 e. The highest BCUT2D eigenvalue weighted by Gasteiger charge is 2.32. The maximum absolute atomic E-state index is 12.3. The number of carbonyl (C=O) groups excluding carboxylic acids is 1. The van der Waals surface area contributed by atoms with Crippen LogP contribution in [0.2, 0.25) is 0 Å². The van der Waals surface area contributed by atoms with E-state index in [2.05, 4.69) is 17.3 Å². The zero-order chi connectivity index (χ0) is 28.8. The van der Waals surface area contributed by atoms with E-state index in [-0.39, 0.29) is 5.97 Å². The van der Waals surface area contributed by atoms with Gasteiger partial charge in [-0.15, -0.1) is 5.10 Å². The van der Waals surface area contributed by atoms with Crippen molar-refractivity contribution in [2.45, 2.75) is 12.8 Å². The molecule has 0 bridgehead atoms. The SMILES string of the molecule is CCOC(=O)c1ccc(-n2nnc(C(c3ccccc3)c3c(OC)cc(OC)cc3OC)c2-c2ccccc2)cc1. The van der Waals surface area contributed by atoms with Gasteiger partial charge in [-0.2, -0.15) is 0 Å². The van der Waals surface area contributed by atoms with Crippen LogP contribution in [0.25, 0.3) is 16.9 Å². The van der Waals surface area contributed by atoms with Gasteiger partial charge in [-0.3, -0.25) is 0 Å². The van der Waals surface area contributed by atoms with Crippen molar-refractivity contribution in [3.8, 4) is 34.2 Å². The van der Waals surface area contributed by atoms with E-state index in [0.717, 1.165) is 28.1 Å². The number of ether oxygens (including phenoxy) is 4. The molecular formula is C33H31N3O5. The molecule has 0 amide bonds. The Morgan fingerprint density at radius 2 is 1.41 bits per heavy atom. The Kier molecular flexibility index (Phi) is 8.29. The Hall–Kier alpha value is -5.11. The molecule has 0 N–H and O–H groups in total. The number of carbonyl (C=O) groups is 1. The van der Waals surface area contributed by atoms with Gasteiger partial charge in [0.1, 0.15) is 22.9 Å². The lowest BCUT2D eigenvalue weighted by Gasteiger charge is -2.23. The lowest BCUT2D eigenvalue weighted by Crippen LogP contribution is -2.10. The fourth-order valence-corrected chi connectivity index (χ4v) is 4.91. The molecule has 1 aromatic heterocycles. The second-order valence-electron chi connectivity index (χ2n) is 9.16. The van der Waals surface area contributed by atoms with Crippen LogP contribution in [0, 0.1) is 0 Å². The van der Waals surface area contributed by atoms with E-state index in [0.29, 0.717) is 35.1 Å². The first kappa shape index (κ1) is 27.5. The Morgan fingerprint density at radius 3 is 1.98 bits per heavy atom. The van der Waals surface area contributed by atoms with Gasteiger partial charge in [0.05, 0.1) is 50.8 Å².